The fourth-order valence-corrected chi connectivity index (χ4v) is 2.22. The summed E-state index contributed by atoms with van der Waals surface area (Å²) in [6.45, 7) is 1.44. The number of nitrogens with two attached hydrogens (primary N) is 1. The number of nitrogens with zero attached hydrogens (tertiary/aromatic N) is 2. The number of halogens is 3. The van der Waals surface area contributed by atoms with E-state index < -0.39 is 35.1 Å². The standard InChI is InChI=1S/C11H16F3N3O3S/c1-3-17-7-8(21(15,19)20)6-9(17)10(18)16(2)5-4-11(12,13)14/h6-7H,3-5H2,1-2H3,(H2,15,19,20). The normalized spacial score (nSPS) is 12.5. The number of rotatable bonds is 5. The molecule has 0 aliphatic carbocycles. The maximum Gasteiger partial charge on any atom is 0.390 e. The SMILES string of the molecule is CCn1cc(S(N)(=O)=O)cc1C(=O)N(C)CCC(F)(F)F. The summed E-state index contributed by atoms with van der Waals surface area (Å²) in [4.78, 5) is 12.7. The van der Waals surface area contributed by atoms with Gasteiger partial charge in [-0.1, -0.05) is 0 Å². The minimum Gasteiger partial charge on any atom is -0.342 e. The second-order valence-corrected chi connectivity index (χ2v) is 6.05. The van der Waals surface area contributed by atoms with Crippen LogP contribution in [0.1, 0.15) is 23.8 Å². The van der Waals surface area contributed by atoms with Crippen LogP contribution in [0.15, 0.2) is 17.2 Å². The van der Waals surface area contributed by atoms with Gasteiger partial charge in [-0.3, -0.25) is 4.79 Å². The maximum atomic E-state index is 12.1. The van der Waals surface area contributed by atoms with Gasteiger partial charge >= 0.3 is 6.18 Å². The van der Waals surface area contributed by atoms with E-state index in [0.29, 0.717) is 0 Å². The van der Waals surface area contributed by atoms with Crippen LogP contribution in [-0.4, -0.2) is 43.6 Å². The third-order valence-electron chi connectivity index (χ3n) is 2.84. The quantitative estimate of drug-likeness (QED) is 0.881. The lowest BCUT2D eigenvalue weighted by Crippen LogP contribution is -2.31. The molecule has 21 heavy (non-hydrogen) atoms. The molecular weight excluding hydrogens is 311 g/mol. The molecule has 1 heterocycles. The van der Waals surface area contributed by atoms with Crippen molar-refractivity contribution >= 4 is 15.9 Å². The number of hydrogen-bond acceptors (Lipinski definition) is 3. The van der Waals surface area contributed by atoms with Gasteiger partial charge in [0.2, 0.25) is 10.0 Å². The minimum atomic E-state index is -4.37. The van der Waals surface area contributed by atoms with Crippen molar-refractivity contribution in [2.45, 2.75) is 31.0 Å². The fourth-order valence-electron chi connectivity index (χ4n) is 1.67. The van der Waals surface area contributed by atoms with Crippen LogP contribution in [-0.2, 0) is 16.6 Å². The number of alkyl halides is 3. The highest BCUT2D eigenvalue weighted by Crippen LogP contribution is 2.20. The molecule has 0 saturated carbocycles. The monoisotopic (exact) mass is 327 g/mol. The van der Waals surface area contributed by atoms with Gasteiger partial charge in [-0.05, 0) is 13.0 Å². The summed E-state index contributed by atoms with van der Waals surface area (Å²) in [6.07, 6.45) is -4.32. The van der Waals surface area contributed by atoms with Gasteiger partial charge < -0.3 is 9.47 Å². The number of sulfonamides is 1. The molecule has 0 spiro atoms. The van der Waals surface area contributed by atoms with E-state index in [1.165, 1.54) is 17.8 Å². The Balaban J connectivity index is 2.99. The van der Waals surface area contributed by atoms with Gasteiger partial charge in [0.05, 0.1) is 6.42 Å². The van der Waals surface area contributed by atoms with Crippen LogP contribution < -0.4 is 5.14 Å². The van der Waals surface area contributed by atoms with Gasteiger partial charge in [-0.15, -0.1) is 0 Å². The summed E-state index contributed by atoms with van der Waals surface area (Å²) >= 11 is 0. The number of aryl methyl sites for hydroxylation is 1. The topological polar surface area (TPSA) is 85.4 Å². The van der Waals surface area contributed by atoms with Crippen LogP contribution in [0.25, 0.3) is 0 Å². The maximum absolute atomic E-state index is 12.1. The highest BCUT2D eigenvalue weighted by molar-refractivity contribution is 7.89. The molecule has 0 saturated heterocycles. The molecule has 2 N–H and O–H groups in total. The van der Waals surface area contributed by atoms with Crippen LogP contribution in [0.3, 0.4) is 0 Å². The summed E-state index contributed by atoms with van der Waals surface area (Å²) in [7, 11) is -2.76. The first-order valence-electron chi connectivity index (χ1n) is 6.01. The molecule has 0 aromatic carbocycles. The molecule has 1 aromatic rings. The Morgan fingerprint density at radius 3 is 2.43 bits per heavy atom. The Morgan fingerprint density at radius 1 is 1.43 bits per heavy atom. The zero-order valence-electron chi connectivity index (χ0n) is 11.5. The van der Waals surface area contributed by atoms with Crippen LogP contribution in [0.4, 0.5) is 13.2 Å². The smallest absolute Gasteiger partial charge is 0.342 e. The van der Waals surface area contributed by atoms with Gasteiger partial charge in [0.25, 0.3) is 5.91 Å². The van der Waals surface area contributed by atoms with E-state index in [4.69, 9.17) is 5.14 Å². The molecule has 0 bridgehead atoms. The Morgan fingerprint density at radius 2 is 2.00 bits per heavy atom. The number of primary sulfonamides is 1. The molecule has 6 nitrogen and oxygen atoms in total. The lowest BCUT2D eigenvalue weighted by Gasteiger charge is -2.18. The Labute approximate surface area is 120 Å². The van der Waals surface area contributed by atoms with Crippen molar-refractivity contribution in [1.29, 1.82) is 0 Å². The molecular formula is C11H16F3N3O3S. The van der Waals surface area contributed by atoms with E-state index in [9.17, 15) is 26.4 Å². The predicted octanol–water partition coefficient (Wildman–Crippen LogP) is 1.18. The van der Waals surface area contributed by atoms with Crippen LogP contribution >= 0.6 is 0 Å². The first-order chi connectivity index (χ1) is 9.45. The average molecular weight is 327 g/mol. The van der Waals surface area contributed by atoms with E-state index >= 15 is 0 Å². The zero-order chi connectivity index (χ0) is 16.4. The van der Waals surface area contributed by atoms with Gasteiger partial charge in [0.15, 0.2) is 0 Å². The number of carbonyl (C=O) groups excluding carboxylic acids is 1. The van der Waals surface area contributed by atoms with Crippen molar-refractivity contribution in [2.75, 3.05) is 13.6 Å². The molecule has 0 fully saturated rings. The largest absolute Gasteiger partial charge is 0.390 e. The van der Waals surface area contributed by atoms with Crippen LogP contribution in [0.5, 0.6) is 0 Å². The van der Waals surface area contributed by atoms with E-state index in [2.05, 4.69) is 0 Å². The number of carbonyl (C=O) groups is 1. The van der Waals surface area contributed by atoms with Crippen LogP contribution in [0, 0.1) is 0 Å². The van der Waals surface area contributed by atoms with E-state index in [1.54, 1.807) is 6.92 Å². The number of amides is 1. The predicted molar refractivity (Wildman–Crippen MR) is 69.1 cm³/mol. The third-order valence-corrected chi connectivity index (χ3v) is 3.72. The molecule has 0 radical (unpaired) electrons. The van der Waals surface area contributed by atoms with Crippen molar-refractivity contribution in [2.24, 2.45) is 5.14 Å². The van der Waals surface area contributed by atoms with Crippen molar-refractivity contribution in [1.82, 2.24) is 9.47 Å². The van der Waals surface area contributed by atoms with Crippen molar-refractivity contribution in [3.8, 4) is 0 Å². The molecule has 1 aromatic heterocycles. The molecule has 120 valence electrons. The minimum absolute atomic E-state index is 0.0220. The Hall–Kier alpha value is -1.55. The summed E-state index contributed by atoms with van der Waals surface area (Å²) in [5.41, 5.74) is -0.0220. The van der Waals surface area contributed by atoms with Gasteiger partial charge in [-0.2, -0.15) is 13.2 Å². The number of aromatic nitrogens is 1. The van der Waals surface area contributed by atoms with E-state index in [0.717, 1.165) is 11.0 Å². The van der Waals surface area contributed by atoms with Crippen molar-refractivity contribution in [3.63, 3.8) is 0 Å². The molecule has 0 aliphatic rings. The third kappa shape index (κ3) is 4.74. The zero-order valence-corrected chi connectivity index (χ0v) is 12.3. The molecule has 1 amide bonds. The van der Waals surface area contributed by atoms with Gasteiger partial charge in [-0.25, -0.2) is 13.6 Å². The summed E-state index contributed by atoms with van der Waals surface area (Å²) < 4.78 is 60.3. The Bertz CT molecular complexity index is 622. The highest BCUT2D eigenvalue weighted by Gasteiger charge is 2.29. The second kappa shape index (κ2) is 6.06. The fraction of sp³-hybridized carbons (Fsp3) is 0.545. The number of hydrogen-bond donors (Lipinski definition) is 1. The van der Waals surface area contributed by atoms with Crippen LogP contribution in [0.2, 0.25) is 0 Å². The highest BCUT2D eigenvalue weighted by atomic mass is 32.2. The van der Waals surface area contributed by atoms with Gasteiger partial charge in [0, 0.05) is 26.3 Å². The van der Waals surface area contributed by atoms with Crippen molar-refractivity contribution in [3.05, 3.63) is 18.0 Å². The van der Waals surface area contributed by atoms with E-state index in [-0.39, 0.29) is 17.1 Å². The Kier molecular flexibility index (Phi) is 5.05. The lowest BCUT2D eigenvalue weighted by atomic mass is 10.3. The van der Waals surface area contributed by atoms with Crippen molar-refractivity contribution < 1.29 is 26.4 Å². The molecule has 0 atom stereocenters. The summed E-state index contributed by atoms with van der Waals surface area (Å²) in [5, 5.41) is 4.97. The first-order valence-corrected chi connectivity index (χ1v) is 7.55. The lowest BCUT2D eigenvalue weighted by molar-refractivity contribution is -0.136. The average Bonchev–Trinajstić information content (AvgIpc) is 2.77. The molecule has 0 unspecified atom stereocenters. The summed E-state index contributed by atoms with van der Waals surface area (Å²) in [6, 6.07) is 1.06. The summed E-state index contributed by atoms with van der Waals surface area (Å²) in [5.74, 6) is -0.698. The van der Waals surface area contributed by atoms with Gasteiger partial charge in [0.1, 0.15) is 10.6 Å². The second-order valence-electron chi connectivity index (χ2n) is 4.48. The molecule has 10 heteroatoms. The first kappa shape index (κ1) is 17.5. The molecule has 0 aliphatic heterocycles. The van der Waals surface area contributed by atoms with E-state index in [1.807, 2.05) is 0 Å². The molecule has 1 rings (SSSR count).